The lowest BCUT2D eigenvalue weighted by molar-refractivity contribution is 0.0759. The summed E-state index contributed by atoms with van der Waals surface area (Å²) in [7, 11) is 0. The molecular formula is C14H19N3O. The Morgan fingerprint density at radius 3 is 2.94 bits per heavy atom. The Labute approximate surface area is 108 Å². The number of nitrogens with zero attached hydrogens (tertiary/aromatic N) is 2. The van der Waals surface area contributed by atoms with E-state index in [0.717, 1.165) is 13.1 Å². The van der Waals surface area contributed by atoms with Crippen LogP contribution < -0.4 is 5.73 Å². The molecule has 1 aromatic heterocycles. The minimum Gasteiger partial charge on any atom is -0.397 e. The highest BCUT2D eigenvalue weighted by molar-refractivity contribution is 5.94. The fourth-order valence-electron chi connectivity index (χ4n) is 2.08. The van der Waals surface area contributed by atoms with Crippen LogP contribution in [0, 0.1) is 18.3 Å². The van der Waals surface area contributed by atoms with E-state index in [1.54, 1.807) is 17.2 Å². The molecule has 0 aromatic carbocycles. The molecule has 0 bridgehead atoms. The monoisotopic (exact) mass is 245 g/mol. The van der Waals surface area contributed by atoms with Gasteiger partial charge in [-0.15, -0.1) is 6.42 Å². The zero-order valence-corrected chi connectivity index (χ0v) is 10.7. The van der Waals surface area contributed by atoms with E-state index in [2.05, 4.69) is 5.92 Å². The van der Waals surface area contributed by atoms with Crippen LogP contribution in [0.2, 0.25) is 0 Å². The maximum absolute atomic E-state index is 12.4. The summed E-state index contributed by atoms with van der Waals surface area (Å²) in [6.45, 7) is 3.84. The standard InChI is InChI=1S/C14H19N3O/c1-3-7-17(9-11-5-6-11)14(18)13-8-12(15)10-16(13)4-2/h1,8,10-11H,4-7,9,15H2,2H3. The zero-order chi connectivity index (χ0) is 13.1. The number of anilines is 1. The molecule has 1 aliphatic carbocycles. The number of nitrogen functional groups attached to an aromatic ring is 1. The lowest BCUT2D eigenvalue weighted by Gasteiger charge is -2.20. The molecule has 0 unspecified atom stereocenters. The van der Waals surface area contributed by atoms with Gasteiger partial charge in [0.1, 0.15) is 5.69 Å². The average Bonchev–Trinajstić information content (AvgIpc) is 3.08. The van der Waals surface area contributed by atoms with Crippen molar-refractivity contribution in [1.82, 2.24) is 9.47 Å². The second kappa shape index (κ2) is 5.18. The number of hydrogen-bond donors (Lipinski definition) is 1. The average molecular weight is 245 g/mol. The molecule has 0 radical (unpaired) electrons. The molecular weight excluding hydrogens is 226 g/mol. The predicted molar refractivity (Wildman–Crippen MR) is 72.0 cm³/mol. The third kappa shape index (κ3) is 2.67. The molecule has 96 valence electrons. The fraction of sp³-hybridized carbons (Fsp3) is 0.500. The van der Waals surface area contributed by atoms with Gasteiger partial charge in [0.15, 0.2) is 0 Å². The Morgan fingerprint density at radius 1 is 1.67 bits per heavy atom. The third-order valence-electron chi connectivity index (χ3n) is 3.22. The van der Waals surface area contributed by atoms with Gasteiger partial charge in [-0.25, -0.2) is 0 Å². The maximum Gasteiger partial charge on any atom is 0.271 e. The van der Waals surface area contributed by atoms with E-state index in [4.69, 9.17) is 12.2 Å². The first kappa shape index (κ1) is 12.6. The zero-order valence-electron chi connectivity index (χ0n) is 10.7. The van der Waals surface area contributed by atoms with Crippen LogP contribution >= 0.6 is 0 Å². The normalized spacial score (nSPS) is 14.2. The molecule has 2 N–H and O–H groups in total. The van der Waals surface area contributed by atoms with Crippen LogP contribution in [0.1, 0.15) is 30.3 Å². The van der Waals surface area contributed by atoms with E-state index in [1.807, 2.05) is 11.5 Å². The summed E-state index contributed by atoms with van der Waals surface area (Å²) in [5.74, 6) is 3.17. The van der Waals surface area contributed by atoms with Crippen molar-refractivity contribution in [2.45, 2.75) is 26.3 Å². The predicted octanol–water partition coefficient (Wildman–Crippen LogP) is 1.58. The number of hydrogen-bond acceptors (Lipinski definition) is 2. The fourth-order valence-corrected chi connectivity index (χ4v) is 2.08. The summed E-state index contributed by atoms with van der Waals surface area (Å²) in [5.41, 5.74) is 7.00. The van der Waals surface area contributed by atoms with Crippen molar-refractivity contribution in [1.29, 1.82) is 0 Å². The number of carbonyl (C=O) groups is 1. The smallest absolute Gasteiger partial charge is 0.271 e. The number of aryl methyl sites for hydroxylation is 1. The van der Waals surface area contributed by atoms with E-state index >= 15 is 0 Å². The van der Waals surface area contributed by atoms with Crippen molar-refractivity contribution in [3.8, 4) is 12.3 Å². The molecule has 0 spiro atoms. The summed E-state index contributed by atoms with van der Waals surface area (Å²) < 4.78 is 1.87. The molecule has 1 saturated carbocycles. The topological polar surface area (TPSA) is 51.3 Å². The lowest BCUT2D eigenvalue weighted by atomic mass is 10.3. The van der Waals surface area contributed by atoms with E-state index < -0.39 is 0 Å². The van der Waals surface area contributed by atoms with Gasteiger partial charge in [-0.05, 0) is 31.7 Å². The number of rotatable bonds is 5. The summed E-state index contributed by atoms with van der Waals surface area (Å²) in [5, 5.41) is 0. The number of amides is 1. The van der Waals surface area contributed by atoms with Gasteiger partial charge in [0.05, 0.1) is 12.2 Å². The molecule has 1 heterocycles. The van der Waals surface area contributed by atoms with Crippen molar-refractivity contribution in [3.05, 3.63) is 18.0 Å². The first-order chi connectivity index (χ1) is 8.65. The Bertz CT molecular complexity index is 480. The minimum absolute atomic E-state index is 0.0154. The molecule has 2 rings (SSSR count). The maximum atomic E-state index is 12.4. The molecule has 4 heteroatoms. The molecule has 1 aromatic rings. The van der Waals surface area contributed by atoms with Crippen molar-refractivity contribution in [2.75, 3.05) is 18.8 Å². The van der Waals surface area contributed by atoms with Gasteiger partial charge in [-0.1, -0.05) is 5.92 Å². The Kier molecular flexibility index (Phi) is 3.61. The summed E-state index contributed by atoms with van der Waals surface area (Å²) in [4.78, 5) is 14.2. The van der Waals surface area contributed by atoms with Crippen LogP contribution in [0.3, 0.4) is 0 Å². The number of carbonyl (C=O) groups excluding carboxylic acids is 1. The molecule has 0 aliphatic heterocycles. The first-order valence-electron chi connectivity index (χ1n) is 6.34. The molecule has 18 heavy (non-hydrogen) atoms. The second-order valence-electron chi connectivity index (χ2n) is 4.78. The summed E-state index contributed by atoms with van der Waals surface area (Å²) in [6.07, 6.45) is 9.53. The van der Waals surface area contributed by atoms with Crippen LogP contribution in [0.25, 0.3) is 0 Å². The van der Waals surface area contributed by atoms with Crippen molar-refractivity contribution < 1.29 is 4.79 Å². The van der Waals surface area contributed by atoms with Crippen LogP contribution in [-0.2, 0) is 6.54 Å². The van der Waals surface area contributed by atoms with Crippen LogP contribution in [-0.4, -0.2) is 28.5 Å². The Balaban J connectivity index is 2.17. The van der Waals surface area contributed by atoms with Gasteiger partial charge in [-0.3, -0.25) is 4.79 Å². The Morgan fingerprint density at radius 2 is 2.39 bits per heavy atom. The van der Waals surface area contributed by atoms with Gasteiger partial charge in [0.2, 0.25) is 0 Å². The highest BCUT2D eigenvalue weighted by Crippen LogP contribution is 2.30. The van der Waals surface area contributed by atoms with E-state index in [1.165, 1.54) is 12.8 Å². The van der Waals surface area contributed by atoms with Gasteiger partial charge < -0.3 is 15.2 Å². The van der Waals surface area contributed by atoms with Gasteiger partial charge in [0.25, 0.3) is 5.91 Å². The van der Waals surface area contributed by atoms with Crippen molar-refractivity contribution in [3.63, 3.8) is 0 Å². The molecule has 4 nitrogen and oxygen atoms in total. The summed E-state index contributed by atoms with van der Waals surface area (Å²) >= 11 is 0. The highest BCUT2D eigenvalue weighted by Gasteiger charge is 2.28. The summed E-state index contributed by atoms with van der Waals surface area (Å²) in [6, 6.07) is 1.72. The third-order valence-corrected chi connectivity index (χ3v) is 3.22. The quantitative estimate of drug-likeness (QED) is 0.801. The lowest BCUT2D eigenvalue weighted by Crippen LogP contribution is -2.34. The van der Waals surface area contributed by atoms with E-state index in [9.17, 15) is 4.79 Å². The molecule has 1 aliphatic rings. The second-order valence-corrected chi connectivity index (χ2v) is 4.78. The van der Waals surface area contributed by atoms with E-state index in [-0.39, 0.29) is 5.91 Å². The van der Waals surface area contributed by atoms with Crippen LogP contribution in [0.5, 0.6) is 0 Å². The first-order valence-corrected chi connectivity index (χ1v) is 6.34. The van der Waals surface area contributed by atoms with Crippen molar-refractivity contribution in [2.24, 2.45) is 5.92 Å². The van der Waals surface area contributed by atoms with Gasteiger partial charge in [-0.2, -0.15) is 0 Å². The number of aromatic nitrogens is 1. The SMILES string of the molecule is C#CCN(CC1CC1)C(=O)c1cc(N)cn1CC. The number of terminal acetylenes is 1. The minimum atomic E-state index is -0.0154. The molecule has 1 amide bonds. The number of nitrogens with two attached hydrogens (primary N) is 1. The van der Waals surface area contributed by atoms with Gasteiger partial charge >= 0.3 is 0 Å². The molecule has 1 fully saturated rings. The van der Waals surface area contributed by atoms with Gasteiger partial charge in [0, 0.05) is 19.3 Å². The molecule has 0 saturated heterocycles. The van der Waals surface area contributed by atoms with Crippen molar-refractivity contribution >= 4 is 11.6 Å². The highest BCUT2D eigenvalue weighted by atomic mass is 16.2. The van der Waals surface area contributed by atoms with E-state index in [0.29, 0.717) is 23.8 Å². The molecule has 0 atom stereocenters. The largest absolute Gasteiger partial charge is 0.397 e. The van der Waals surface area contributed by atoms with Crippen LogP contribution in [0.15, 0.2) is 12.3 Å². The Hall–Kier alpha value is -1.89. The van der Waals surface area contributed by atoms with Crippen LogP contribution in [0.4, 0.5) is 5.69 Å².